The third-order valence-electron chi connectivity index (χ3n) is 3.19. The van der Waals surface area contributed by atoms with Crippen molar-refractivity contribution in [3.8, 4) is 0 Å². The van der Waals surface area contributed by atoms with E-state index in [4.69, 9.17) is 5.73 Å². The van der Waals surface area contributed by atoms with E-state index < -0.39 is 12.6 Å². The van der Waals surface area contributed by atoms with Crippen LogP contribution < -0.4 is 5.73 Å². The average molecular weight is 229 g/mol. The first-order valence-corrected chi connectivity index (χ1v) is 5.31. The van der Waals surface area contributed by atoms with Crippen molar-refractivity contribution in [2.24, 2.45) is 5.73 Å². The fourth-order valence-electron chi connectivity index (χ4n) is 2.00. The predicted octanol–water partition coefficient (Wildman–Crippen LogP) is 2.78. The van der Waals surface area contributed by atoms with E-state index in [0.29, 0.717) is 12.1 Å². The molecule has 0 unspecified atom stereocenters. The zero-order valence-electron chi connectivity index (χ0n) is 8.85. The minimum absolute atomic E-state index is 0.0401. The molecular formula is C12H14F3N. The molecule has 1 aliphatic rings. The lowest BCUT2D eigenvalue weighted by molar-refractivity contribution is -0.127. The van der Waals surface area contributed by atoms with Gasteiger partial charge in [-0.1, -0.05) is 24.3 Å². The predicted molar refractivity (Wildman–Crippen MR) is 56.2 cm³/mol. The minimum Gasteiger partial charge on any atom is -0.330 e. The van der Waals surface area contributed by atoms with Crippen LogP contribution in [0.25, 0.3) is 0 Å². The van der Waals surface area contributed by atoms with Gasteiger partial charge < -0.3 is 5.73 Å². The second-order valence-corrected chi connectivity index (χ2v) is 4.48. The van der Waals surface area contributed by atoms with Crippen LogP contribution >= 0.6 is 0 Å². The monoisotopic (exact) mass is 229 g/mol. The summed E-state index contributed by atoms with van der Waals surface area (Å²) in [7, 11) is 0. The number of nitrogens with two attached hydrogens (primary N) is 1. The molecule has 4 heteroatoms. The van der Waals surface area contributed by atoms with Crippen molar-refractivity contribution in [1.82, 2.24) is 0 Å². The van der Waals surface area contributed by atoms with Crippen molar-refractivity contribution >= 4 is 0 Å². The molecule has 0 atom stereocenters. The van der Waals surface area contributed by atoms with Gasteiger partial charge in [-0.15, -0.1) is 0 Å². The summed E-state index contributed by atoms with van der Waals surface area (Å²) in [5.41, 5.74) is 6.89. The maximum absolute atomic E-state index is 12.2. The highest BCUT2D eigenvalue weighted by Gasteiger charge is 2.43. The second-order valence-electron chi connectivity index (χ2n) is 4.48. The first-order valence-electron chi connectivity index (χ1n) is 5.31. The number of benzene rings is 1. The van der Waals surface area contributed by atoms with Gasteiger partial charge in [0.05, 0.1) is 6.42 Å². The van der Waals surface area contributed by atoms with E-state index in [1.165, 1.54) is 6.07 Å². The van der Waals surface area contributed by atoms with Crippen molar-refractivity contribution < 1.29 is 13.2 Å². The lowest BCUT2D eigenvalue weighted by Crippen LogP contribution is -2.20. The Morgan fingerprint density at radius 2 is 1.94 bits per heavy atom. The summed E-state index contributed by atoms with van der Waals surface area (Å²) in [6, 6.07) is 6.73. The highest BCUT2D eigenvalue weighted by Crippen LogP contribution is 2.47. The van der Waals surface area contributed by atoms with Gasteiger partial charge in [0, 0.05) is 12.0 Å². The Bertz CT molecular complexity index is 380. The fourth-order valence-corrected chi connectivity index (χ4v) is 2.00. The van der Waals surface area contributed by atoms with Gasteiger partial charge >= 0.3 is 6.18 Å². The molecule has 0 radical (unpaired) electrons. The topological polar surface area (TPSA) is 26.0 Å². The number of rotatable bonds is 3. The molecule has 1 nitrogen and oxygen atoms in total. The molecule has 1 aromatic rings. The summed E-state index contributed by atoms with van der Waals surface area (Å²) >= 11 is 0. The number of alkyl halides is 3. The van der Waals surface area contributed by atoms with Crippen LogP contribution in [0.5, 0.6) is 0 Å². The van der Waals surface area contributed by atoms with Crippen LogP contribution in [0.3, 0.4) is 0 Å². The zero-order chi connectivity index (χ0) is 11.8. The van der Waals surface area contributed by atoms with Crippen molar-refractivity contribution in [2.45, 2.75) is 30.9 Å². The molecule has 0 heterocycles. The smallest absolute Gasteiger partial charge is 0.330 e. The van der Waals surface area contributed by atoms with E-state index in [2.05, 4.69) is 0 Å². The number of hydrogen-bond acceptors (Lipinski definition) is 1. The number of halogens is 3. The molecule has 0 saturated heterocycles. The molecule has 0 spiro atoms. The molecule has 0 bridgehead atoms. The molecule has 1 saturated carbocycles. The lowest BCUT2D eigenvalue weighted by atomic mass is 9.94. The third kappa shape index (κ3) is 2.38. The van der Waals surface area contributed by atoms with Gasteiger partial charge in [-0.05, 0) is 24.0 Å². The first-order chi connectivity index (χ1) is 7.45. The average Bonchev–Trinajstić information content (AvgIpc) is 2.96. The first kappa shape index (κ1) is 11.5. The van der Waals surface area contributed by atoms with Gasteiger partial charge in [0.1, 0.15) is 0 Å². The minimum atomic E-state index is -4.14. The summed E-state index contributed by atoms with van der Waals surface area (Å²) in [5.74, 6) is 0. The van der Waals surface area contributed by atoms with Crippen LogP contribution in [-0.2, 0) is 11.8 Å². The molecule has 16 heavy (non-hydrogen) atoms. The van der Waals surface area contributed by atoms with Gasteiger partial charge in [-0.3, -0.25) is 0 Å². The summed E-state index contributed by atoms with van der Waals surface area (Å²) in [5, 5.41) is 0. The van der Waals surface area contributed by atoms with Crippen LogP contribution in [0.15, 0.2) is 24.3 Å². The number of hydrogen-bond donors (Lipinski definition) is 1. The quantitative estimate of drug-likeness (QED) is 0.847. The Hall–Kier alpha value is -1.03. The molecule has 0 aliphatic heterocycles. The standard InChI is InChI=1S/C12H14F3N/c13-12(14,15)7-9-2-1-3-10(6-9)11(8-16)4-5-11/h1-3,6H,4-5,7-8,16H2. The fraction of sp³-hybridized carbons (Fsp3) is 0.500. The summed E-state index contributed by atoms with van der Waals surface area (Å²) in [6.07, 6.45) is -3.03. The maximum atomic E-state index is 12.2. The van der Waals surface area contributed by atoms with Gasteiger partial charge in [-0.2, -0.15) is 13.2 Å². The Morgan fingerprint density at radius 1 is 1.25 bits per heavy atom. The summed E-state index contributed by atoms with van der Waals surface area (Å²) in [4.78, 5) is 0. The normalized spacial score (nSPS) is 18.5. The van der Waals surface area contributed by atoms with Crippen molar-refractivity contribution in [3.05, 3.63) is 35.4 Å². The van der Waals surface area contributed by atoms with Gasteiger partial charge in [0.15, 0.2) is 0 Å². The summed E-state index contributed by atoms with van der Waals surface area (Å²) in [6.45, 7) is 0.516. The molecule has 1 fully saturated rings. The Balaban J connectivity index is 2.20. The molecule has 2 N–H and O–H groups in total. The van der Waals surface area contributed by atoms with E-state index in [9.17, 15) is 13.2 Å². The molecular weight excluding hydrogens is 215 g/mol. The van der Waals surface area contributed by atoms with E-state index in [0.717, 1.165) is 18.4 Å². The third-order valence-corrected chi connectivity index (χ3v) is 3.19. The molecule has 1 aliphatic carbocycles. The van der Waals surface area contributed by atoms with Crippen LogP contribution in [0.1, 0.15) is 24.0 Å². The second kappa shape index (κ2) is 3.77. The van der Waals surface area contributed by atoms with E-state index in [1.807, 2.05) is 6.07 Å². The summed E-state index contributed by atoms with van der Waals surface area (Å²) < 4.78 is 36.7. The molecule has 0 amide bonds. The van der Waals surface area contributed by atoms with Crippen LogP contribution in [0, 0.1) is 0 Å². The molecule has 88 valence electrons. The lowest BCUT2D eigenvalue weighted by Gasteiger charge is -2.14. The van der Waals surface area contributed by atoms with Gasteiger partial charge in [0.2, 0.25) is 0 Å². The van der Waals surface area contributed by atoms with Crippen molar-refractivity contribution in [1.29, 1.82) is 0 Å². The maximum Gasteiger partial charge on any atom is 0.393 e. The Morgan fingerprint density at radius 3 is 2.44 bits per heavy atom. The SMILES string of the molecule is NCC1(c2cccc(CC(F)(F)F)c2)CC1. The largest absolute Gasteiger partial charge is 0.393 e. The van der Waals surface area contributed by atoms with Crippen LogP contribution in [-0.4, -0.2) is 12.7 Å². The van der Waals surface area contributed by atoms with Crippen LogP contribution in [0.4, 0.5) is 13.2 Å². The van der Waals surface area contributed by atoms with E-state index >= 15 is 0 Å². The molecule has 2 rings (SSSR count). The highest BCUT2D eigenvalue weighted by molar-refractivity contribution is 5.35. The van der Waals surface area contributed by atoms with E-state index in [-0.39, 0.29) is 5.41 Å². The van der Waals surface area contributed by atoms with Crippen molar-refractivity contribution in [3.63, 3.8) is 0 Å². The van der Waals surface area contributed by atoms with E-state index in [1.54, 1.807) is 12.1 Å². The van der Waals surface area contributed by atoms with Crippen LogP contribution in [0.2, 0.25) is 0 Å². The highest BCUT2D eigenvalue weighted by atomic mass is 19.4. The zero-order valence-corrected chi connectivity index (χ0v) is 8.85. The Kier molecular flexibility index (Phi) is 2.70. The molecule has 0 aromatic heterocycles. The van der Waals surface area contributed by atoms with Gasteiger partial charge in [-0.25, -0.2) is 0 Å². The van der Waals surface area contributed by atoms with Gasteiger partial charge in [0.25, 0.3) is 0 Å². The Labute approximate surface area is 92.5 Å². The molecule has 1 aromatic carbocycles. The van der Waals surface area contributed by atoms with Crippen molar-refractivity contribution in [2.75, 3.05) is 6.54 Å².